The summed E-state index contributed by atoms with van der Waals surface area (Å²) in [7, 11) is 1.54. The molecule has 1 N–H and O–H groups in total. The van der Waals surface area contributed by atoms with Gasteiger partial charge in [-0.05, 0) is 49.1 Å². The van der Waals surface area contributed by atoms with Crippen molar-refractivity contribution in [1.29, 1.82) is 0 Å². The third-order valence-electron chi connectivity index (χ3n) is 5.43. The SMILES string of the molecule is CCc1cccc(C)c1NC(=O)COC(=O)[C@H]1CC(=O)N(c2cc(C)ccc2OC)C1. The van der Waals surface area contributed by atoms with Crippen molar-refractivity contribution in [1.82, 2.24) is 0 Å². The first-order chi connectivity index (χ1) is 14.8. The number of nitrogens with zero attached hydrogens (tertiary/aromatic N) is 1. The number of rotatable bonds is 7. The molecule has 0 radical (unpaired) electrons. The summed E-state index contributed by atoms with van der Waals surface area (Å²) in [6.07, 6.45) is 0.814. The highest BCUT2D eigenvalue weighted by Crippen LogP contribution is 2.34. The monoisotopic (exact) mass is 424 g/mol. The maximum atomic E-state index is 12.5. The summed E-state index contributed by atoms with van der Waals surface area (Å²) in [5.41, 5.74) is 4.33. The molecule has 3 rings (SSSR count). The van der Waals surface area contributed by atoms with Crippen LogP contribution in [0.4, 0.5) is 11.4 Å². The van der Waals surface area contributed by atoms with Crippen LogP contribution in [0.15, 0.2) is 36.4 Å². The van der Waals surface area contributed by atoms with Gasteiger partial charge in [0.25, 0.3) is 5.91 Å². The van der Waals surface area contributed by atoms with Gasteiger partial charge in [-0.3, -0.25) is 14.4 Å². The van der Waals surface area contributed by atoms with Crippen LogP contribution in [0.5, 0.6) is 5.75 Å². The van der Waals surface area contributed by atoms with Crippen molar-refractivity contribution in [2.75, 3.05) is 30.5 Å². The minimum absolute atomic E-state index is 0.0370. The van der Waals surface area contributed by atoms with E-state index in [1.54, 1.807) is 11.0 Å². The summed E-state index contributed by atoms with van der Waals surface area (Å²) in [5.74, 6) is -1.20. The normalized spacial score (nSPS) is 15.7. The zero-order chi connectivity index (χ0) is 22.5. The fourth-order valence-electron chi connectivity index (χ4n) is 3.74. The first-order valence-electron chi connectivity index (χ1n) is 10.3. The lowest BCUT2D eigenvalue weighted by Crippen LogP contribution is -2.28. The van der Waals surface area contributed by atoms with E-state index in [2.05, 4.69) is 5.32 Å². The maximum absolute atomic E-state index is 12.5. The Morgan fingerprint density at radius 3 is 2.68 bits per heavy atom. The van der Waals surface area contributed by atoms with Gasteiger partial charge >= 0.3 is 5.97 Å². The quantitative estimate of drug-likeness (QED) is 0.689. The highest BCUT2D eigenvalue weighted by atomic mass is 16.5. The largest absolute Gasteiger partial charge is 0.495 e. The van der Waals surface area contributed by atoms with E-state index in [4.69, 9.17) is 9.47 Å². The van der Waals surface area contributed by atoms with Gasteiger partial charge in [0, 0.05) is 18.7 Å². The lowest BCUT2D eigenvalue weighted by molar-refractivity contribution is -0.151. The van der Waals surface area contributed by atoms with E-state index in [9.17, 15) is 14.4 Å². The molecule has 0 bridgehead atoms. The van der Waals surface area contributed by atoms with E-state index in [1.165, 1.54) is 7.11 Å². The van der Waals surface area contributed by atoms with Crippen LogP contribution in [0.25, 0.3) is 0 Å². The van der Waals surface area contributed by atoms with Crippen molar-refractivity contribution in [3.63, 3.8) is 0 Å². The highest BCUT2D eigenvalue weighted by molar-refractivity contribution is 6.01. The van der Waals surface area contributed by atoms with Crippen molar-refractivity contribution in [3.05, 3.63) is 53.1 Å². The maximum Gasteiger partial charge on any atom is 0.311 e. The molecule has 1 aliphatic rings. The summed E-state index contributed by atoms with van der Waals surface area (Å²) in [6.45, 7) is 5.65. The number of carbonyl (C=O) groups is 3. The fourth-order valence-corrected chi connectivity index (χ4v) is 3.74. The van der Waals surface area contributed by atoms with Gasteiger partial charge in [0.2, 0.25) is 5.91 Å². The summed E-state index contributed by atoms with van der Waals surface area (Å²) in [4.78, 5) is 38.9. The molecule has 2 aromatic rings. The lowest BCUT2D eigenvalue weighted by Gasteiger charge is -2.20. The molecule has 1 atom stereocenters. The average molecular weight is 424 g/mol. The van der Waals surface area contributed by atoms with E-state index in [1.807, 2.05) is 51.1 Å². The second kappa shape index (κ2) is 9.64. The molecule has 0 unspecified atom stereocenters. The van der Waals surface area contributed by atoms with Gasteiger partial charge < -0.3 is 19.7 Å². The van der Waals surface area contributed by atoms with Gasteiger partial charge in [-0.25, -0.2) is 0 Å². The molecular weight excluding hydrogens is 396 g/mol. The van der Waals surface area contributed by atoms with E-state index in [-0.39, 0.29) is 18.9 Å². The molecule has 7 heteroatoms. The first-order valence-corrected chi connectivity index (χ1v) is 10.3. The Morgan fingerprint density at radius 1 is 1.19 bits per heavy atom. The molecule has 0 saturated carbocycles. The molecule has 0 aromatic heterocycles. The van der Waals surface area contributed by atoms with Gasteiger partial charge in [-0.2, -0.15) is 0 Å². The number of anilines is 2. The third-order valence-corrected chi connectivity index (χ3v) is 5.43. The number of carbonyl (C=O) groups excluding carboxylic acids is 3. The van der Waals surface area contributed by atoms with Crippen LogP contribution in [0.3, 0.4) is 0 Å². The predicted octanol–water partition coefficient (Wildman–Crippen LogP) is 3.41. The van der Waals surface area contributed by atoms with Crippen molar-refractivity contribution in [2.45, 2.75) is 33.6 Å². The van der Waals surface area contributed by atoms with Crippen molar-refractivity contribution in [3.8, 4) is 5.75 Å². The van der Waals surface area contributed by atoms with Crippen LogP contribution >= 0.6 is 0 Å². The van der Waals surface area contributed by atoms with Gasteiger partial charge in [-0.1, -0.05) is 31.2 Å². The van der Waals surface area contributed by atoms with Crippen molar-refractivity contribution in [2.24, 2.45) is 5.92 Å². The summed E-state index contributed by atoms with van der Waals surface area (Å²) < 4.78 is 10.6. The zero-order valence-electron chi connectivity index (χ0n) is 18.4. The van der Waals surface area contributed by atoms with E-state index in [0.717, 1.165) is 28.8 Å². The Balaban J connectivity index is 1.60. The minimum atomic E-state index is -0.629. The van der Waals surface area contributed by atoms with Crippen molar-refractivity contribution < 1.29 is 23.9 Å². The van der Waals surface area contributed by atoms with Gasteiger partial charge in [0.05, 0.1) is 18.7 Å². The number of benzene rings is 2. The Morgan fingerprint density at radius 2 is 1.97 bits per heavy atom. The number of nitrogens with one attached hydrogen (secondary N) is 1. The third kappa shape index (κ3) is 5.05. The molecule has 1 fully saturated rings. The summed E-state index contributed by atoms with van der Waals surface area (Å²) >= 11 is 0. The number of amides is 2. The number of ether oxygens (including phenoxy) is 2. The number of para-hydroxylation sites is 1. The van der Waals surface area contributed by atoms with Gasteiger partial charge in [0.15, 0.2) is 6.61 Å². The molecule has 0 spiro atoms. The fraction of sp³-hybridized carbons (Fsp3) is 0.375. The molecule has 1 aliphatic heterocycles. The average Bonchev–Trinajstić information content (AvgIpc) is 3.15. The Kier molecular flexibility index (Phi) is 6.95. The molecule has 164 valence electrons. The van der Waals surface area contributed by atoms with E-state index >= 15 is 0 Å². The zero-order valence-corrected chi connectivity index (χ0v) is 18.4. The van der Waals surface area contributed by atoms with Crippen LogP contribution in [-0.4, -0.2) is 38.0 Å². The van der Waals surface area contributed by atoms with E-state index < -0.39 is 24.4 Å². The Bertz CT molecular complexity index is 1000. The predicted molar refractivity (Wildman–Crippen MR) is 118 cm³/mol. The first kappa shape index (κ1) is 22.3. The van der Waals surface area contributed by atoms with Gasteiger partial charge in [0.1, 0.15) is 5.75 Å². The molecule has 31 heavy (non-hydrogen) atoms. The molecule has 7 nitrogen and oxygen atoms in total. The highest BCUT2D eigenvalue weighted by Gasteiger charge is 2.37. The molecule has 0 aliphatic carbocycles. The standard InChI is InChI=1S/C24H28N2O5/c1-5-17-8-6-7-16(3)23(17)25-21(27)14-31-24(29)18-12-22(28)26(13-18)19-11-15(2)9-10-20(19)30-4/h6-11,18H,5,12-14H2,1-4H3,(H,25,27)/t18-/m0/s1. The number of esters is 1. The van der Waals surface area contributed by atoms with Crippen LogP contribution in [0, 0.1) is 19.8 Å². The Hall–Kier alpha value is -3.35. The summed E-state index contributed by atoms with van der Waals surface area (Å²) in [5, 5.41) is 2.83. The minimum Gasteiger partial charge on any atom is -0.495 e. The second-order valence-electron chi connectivity index (χ2n) is 7.70. The van der Waals surface area contributed by atoms with Crippen molar-refractivity contribution >= 4 is 29.2 Å². The number of aryl methyl sites for hydroxylation is 3. The van der Waals surface area contributed by atoms with Crippen LogP contribution in [0.1, 0.15) is 30.0 Å². The number of hydrogen-bond donors (Lipinski definition) is 1. The van der Waals surface area contributed by atoms with Crippen LogP contribution < -0.4 is 15.0 Å². The molecule has 2 amide bonds. The molecule has 2 aromatic carbocycles. The molecular formula is C24H28N2O5. The van der Waals surface area contributed by atoms with Gasteiger partial charge in [-0.15, -0.1) is 0 Å². The topological polar surface area (TPSA) is 84.9 Å². The number of methoxy groups -OCH3 is 1. The smallest absolute Gasteiger partial charge is 0.311 e. The van der Waals surface area contributed by atoms with E-state index in [0.29, 0.717) is 11.4 Å². The molecule has 1 heterocycles. The Labute approximate surface area is 182 Å². The van der Waals surface area contributed by atoms with Crippen LogP contribution in [0.2, 0.25) is 0 Å². The lowest BCUT2D eigenvalue weighted by atomic mass is 10.1. The second-order valence-corrected chi connectivity index (χ2v) is 7.70. The number of hydrogen-bond acceptors (Lipinski definition) is 5. The van der Waals surface area contributed by atoms with Crippen LogP contribution in [-0.2, 0) is 25.5 Å². The summed E-state index contributed by atoms with van der Waals surface area (Å²) in [6, 6.07) is 11.4. The molecule has 1 saturated heterocycles.